The first-order valence-electron chi connectivity index (χ1n) is 20.0. The molecule has 2 aromatic heterocycles. The van der Waals surface area contributed by atoms with Gasteiger partial charge in [0, 0.05) is 18.1 Å². The number of carbonyl (C=O) groups excluding carboxylic acids is 6. The zero-order chi connectivity index (χ0) is 45.2. The Kier molecular flexibility index (Phi) is 16.4. The third-order valence-corrected chi connectivity index (χ3v) is 10.8. The summed E-state index contributed by atoms with van der Waals surface area (Å²) in [6.45, 7) is 12.3. The number of nitrogens with one attached hydrogen (secondary N) is 4. The number of para-hydroxylation sites is 1. The predicted octanol–water partition coefficient (Wildman–Crippen LogP) is 2.90. The molecule has 0 aliphatic carbocycles. The quantitative estimate of drug-likeness (QED) is 0.0949. The number of fused-ring (bicyclic) bond motifs is 1. The molecule has 1 saturated heterocycles. The number of amides is 5. The number of carbonyl (C=O) groups is 8. The molecule has 330 valence electrons. The van der Waals surface area contributed by atoms with Gasteiger partial charge < -0.3 is 41.1 Å². The minimum absolute atomic E-state index is 0.0400. The van der Waals surface area contributed by atoms with Crippen molar-refractivity contribution in [3.63, 3.8) is 0 Å². The molecule has 1 aliphatic heterocycles. The third-order valence-electron chi connectivity index (χ3n) is 10.1. The van der Waals surface area contributed by atoms with Crippen LogP contribution < -0.4 is 21.3 Å². The Balaban J connectivity index is 1.54. The van der Waals surface area contributed by atoms with E-state index >= 15 is 0 Å². The Morgan fingerprint density at radius 2 is 1.49 bits per heavy atom. The lowest BCUT2D eigenvalue weighted by Gasteiger charge is -2.34. The molecule has 6 N–H and O–H groups in total. The standard InChI is InChI=1S/C42H55N7O11S/c1-22(2)33(47-36(54)28-13-12-24-10-8-9-11-27(24)44-28)38(56)45-29(16-31(50)51)37(55)48-34(23(3)4)40(58)49-15-14-25(18-42(5,6)7)35(49)39(57)46-30(17-32(52)53)41(59)60-20-26-19-43-21-61-26/h8-13,19,21-23,25,29-30,33-35H,14-18,20H2,1-7H3,(H,45,56)(H,46,57)(H,47,54)(H,48,55)(H,50,51)(H,52,53)/t25-,29?,30?,33?,34?,35+/m1/s1. The van der Waals surface area contributed by atoms with E-state index in [1.165, 1.54) is 34.0 Å². The molecule has 18 nitrogen and oxygen atoms in total. The summed E-state index contributed by atoms with van der Waals surface area (Å²) in [4.78, 5) is 117. The van der Waals surface area contributed by atoms with Gasteiger partial charge in [0.05, 0.1) is 28.7 Å². The molecule has 3 aromatic rings. The number of benzene rings is 1. The van der Waals surface area contributed by atoms with E-state index < -0.39 is 108 Å². The number of rotatable bonds is 19. The second-order valence-electron chi connectivity index (χ2n) is 17.0. The summed E-state index contributed by atoms with van der Waals surface area (Å²) in [5.74, 6) is -9.33. The van der Waals surface area contributed by atoms with Crippen molar-refractivity contribution >= 4 is 69.7 Å². The second kappa shape index (κ2) is 21.0. The molecule has 1 fully saturated rings. The summed E-state index contributed by atoms with van der Waals surface area (Å²) in [7, 11) is 0. The molecule has 19 heteroatoms. The van der Waals surface area contributed by atoms with E-state index in [9.17, 15) is 48.6 Å². The Morgan fingerprint density at radius 3 is 2.10 bits per heavy atom. The van der Waals surface area contributed by atoms with Crippen molar-refractivity contribution in [3.05, 3.63) is 58.7 Å². The Labute approximate surface area is 357 Å². The minimum Gasteiger partial charge on any atom is -0.481 e. The van der Waals surface area contributed by atoms with Gasteiger partial charge in [-0.1, -0.05) is 72.7 Å². The first-order valence-corrected chi connectivity index (χ1v) is 20.9. The van der Waals surface area contributed by atoms with Gasteiger partial charge >= 0.3 is 17.9 Å². The summed E-state index contributed by atoms with van der Waals surface area (Å²) in [5, 5.41) is 30.4. The number of aliphatic carboxylic acids is 2. The number of hydrogen-bond acceptors (Lipinski definition) is 12. The van der Waals surface area contributed by atoms with Crippen LogP contribution >= 0.6 is 11.3 Å². The molecule has 1 aliphatic rings. The summed E-state index contributed by atoms with van der Waals surface area (Å²) in [6.07, 6.45) is 0.658. The fraction of sp³-hybridized carbons (Fsp3) is 0.524. The van der Waals surface area contributed by atoms with Crippen molar-refractivity contribution < 1.29 is 53.3 Å². The van der Waals surface area contributed by atoms with Gasteiger partial charge in [0.1, 0.15) is 42.5 Å². The summed E-state index contributed by atoms with van der Waals surface area (Å²) >= 11 is 1.22. The molecule has 61 heavy (non-hydrogen) atoms. The van der Waals surface area contributed by atoms with Gasteiger partial charge in [0.15, 0.2) is 0 Å². The van der Waals surface area contributed by atoms with E-state index in [-0.39, 0.29) is 24.3 Å². The molecule has 0 bridgehead atoms. The fourth-order valence-electron chi connectivity index (χ4n) is 7.17. The molecular formula is C42H55N7O11S. The highest BCUT2D eigenvalue weighted by Crippen LogP contribution is 2.36. The lowest BCUT2D eigenvalue weighted by atomic mass is 9.81. The average molecular weight is 866 g/mol. The molecular weight excluding hydrogens is 811 g/mol. The third kappa shape index (κ3) is 13.5. The van der Waals surface area contributed by atoms with Gasteiger partial charge in [-0.2, -0.15) is 0 Å². The molecule has 0 spiro atoms. The molecule has 4 rings (SSSR count). The van der Waals surface area contributed by atoms with Gasteiger partial charge in [0.25, 0.3) is 5.91 Å². The van der Waals surface area contributed by atoms with Crippen LogP contribution in [0.5, 0.6) is 0 Å². The maximum Gasteiger partial charge on any atom is 0.329 e. The number of likely N-dealkylation sites (tertiary alicyclic amines) is 1. The second-order valence-corrected chi connectivity index (χ2v) is 18.0. The minimum atomic E-state index is -1.69. The highest BCUT2D eigenvalue weighted by atomic mass is 32.1. The number of aromatic nitrogens is 2. The van der Waals surface area contributed by atoms with Crippen molar-refractivity contribution in [2.24, 2.45) is 23.2 Å². The number of pyridine rings is 1. The van der Waals surface area contributed by atoms with Crippen LogP contribution in [0.2, 0.25) is 0 Å². The van der Waals surface area contributed by atoms with Crippen molar-refractivity contribution in [1.82, 2.24) is 36.1 Å². The maximum atomic E-state index is 14.5. The summed E-state index contributed by atoms with van der Waals surface area (Å²) in [6, 6.07) is 3.38. The Morgan fingerprint density at radius 1 is 0.836 bits per heavy atom. The lowest BCUT2D eigenvalue weighted by molar-refractivity contribution is -0.153. The number of esters is 1. The van der Waals surface area contributed by atoms with Gasteiger partial charge in [-0.05, 0) is 48.1 Å². The summed E-state index contributed by atoms with van der Waals surface area (Å²) in [5.41, 5.74) is 1.82. The van der Waals surface area contributed by atoms with Gasteiger partial charge in [-0.3, -0.25) is 38.5 Å². The van der Waals surface area contributed by atoms with E-state index in [1.807, 2.05) is 32.9 Å². The van der Waals surface area contributed by atoms with E-state index in [4.69, 9.17) is 4.74 Å². The van der Waals surface area contributed by atoms with Crippen molar-refractivity contribution in [3.8, 4) is 0 Å². The van der Waals surface area contributed by atoms with E-state index in [0.29, 0.717) is 23.2 Å². The SMILES string of the molecule is CC(C)C(NC(=O)c1ccc2ccccc2n1)C(=O)NC(CC(=O)O)C(=O)NC(C(=O)N1CC[C@H](CC(C)(C)C)[C@H]1C(=O)NC(CC(=O)O)C(=O)OCc1cncs1)C(C)C. The highest BCUT2D eigenvalue weighted by molar-refractivity contribution is 7.09. The molecule has 6 atom stereocenters. The van der Waals surface area contributed by atoms with Gasteiger partial charge in [0.2, 0.25) is 23.6 Å². The smallest absolute Gasteiger partial charge is 0.329 e. The van der Waals surface area contributed by atoms with Crippen LogP contribution in [0.1, 0.15) is 89.5 Å². The lowest BCUT2D eigenvalue weighted by Crippen LogP contribution is -2.61. The van der Waals surface area contributed by atoms with E-state index in [1.54, 1.807) is 45.9 Å². The van der Waals surface area contributed by atoms with Gasteiger partial charge in [-0.15, -0.1) is 11.3 Å². The number of carboxylic acid groups (broad SMARTS) is 2. The largest absolute Gasteiger partial charge is 0.481 e. The molecule has 0 radical (unpaired) electrons. The zero-order valence-corrected chi connectivity index (χ0v) is 36.1. The monoisotopic (exact) mass is 865 g/mol. The number of ether oxygens (including phenoxy) is 1. The van der Waals surface area contributed by atoms with Crippen molar-refractivity contribution in [2.45, 2.75) is 111 Å². The Hall–Kier alpha value is -5.98. The number of carboxylic acids is 2. The van der Waals surface area contributed by atoms with Crippen LogP contribution in [0.4, 0.5) is 0 Å². The fourth-order valence-corrected chi connectivity index (χ4v) is 7.68. The average Bonchev–Trinajstić information content (AvgIpc) is 3.86. The Bertz CT molecular complexity index is 2090. The van der Waals surface area contributed by atoms with Crippen LogP contribution in [0.25, 0.3) is 10.9 Å². The van der Waals surface area contributed by atoms with E-state index in [2.05, 4.69) is 31.2 Å². The molecule has 1 aromatic carbocycles. The van der Waals surface area contributed by atoms with Crippen molar-refractivity contribution in [1.29, 1.82) is 0 Å². The van der Waals surface area contributed by atoms with Crippen LogP contribution in [0.15, 0.2) is 48.1 Å². The number of hydrogen-bond donors (Lipinski definition) is 6. The highest BCUT2D eigenvalue weighted by Gasteiger charge is 2.46. The molecule has 3 heterocycles. The van der Waals surface area contributed by atoms with Crippen LogP contribution in [-0.2, 0) is 44.9 Å². The van der Waals surface area contributed by atoms with Crippen LogP contribution in [0.3, 0.4) is 0 Å². The summed E-state index contributed by atoms with van der Waals surface area (Å²) < 4.78 is 5.30. The molecule has 5 amide bonds. The first-order chi connectivity index (χ1) is 28.6. The van der Waals surface area contributed by atoms with Crippen LogP contribution in [0, 0.1) is 23.2 Å². The van der Waals surface area contributed by atoms with Crippen LogP contribution in [-0.4, -0.2) is 109 Å². The molecule has 4 unspecified atom stereocenters. The topological polar surface area (TPSA) is 263 Å². The van der Waals surface area contributed by atoms with Gasteiger partial charge in [-0.25, -0.2) is 9.78 Å². The van der Waals surface area contributed by atoms with E-state index in [0.717, 1.165) is 5.39 Å². The number of thiazole rings is 1. The zero-order valence-electron chi connectivity index (χ0n) is 35.3. The maximum absolute atomic E-state index is 14.5. The number of nitrogens with zero attached hydrogens (tertiary/aromatic N) is 3. The van der Waals surface area contributed by atoms with Crippen molar-refractivity contribution in [2.75, 3.05) is 6.54 Å². The first kappa shape index (κ1) is 47.7. The predicted molar refractivity (Wildman–Crippen MR) is 223 cm³/mol. The molecule has 0 saturated carbocycles. The normalized spacial score (nSPS) is 17.2.